The molecule has 0 saturated heterocycles. The van der Waals surface area contributed by atoms with Crippen molar-refractivity contribution in [3.8, 4) is 0 Å². The van der Waals surface area contributed by atoms with Crippen molar-refractivity contribution in [1.29, 1.82) is 0 Å². The zero-order valence-electron chi connectivity index (χ0n) is 13.1. The van der Waals surface area contributed by atoms with E-state index in [1.807, 2.05) is 6.92 Å². The van der Waals surface area contributed by atoms with Crippen LogP contribution in [-0.2, 0) is 16.6 Å². The number of aromatic amines is 1. The summed E-state index contributed by atoms with van der Waals surface area (Å²) in [7, 11) is -3.53. The van der Waals surface area contributed by atoms with E-state index < -0.39 is 10.0 Å². The second kappa shape index (κ2) is 6.89. The Morgan fingerprint density at radius 3 is 2.71 bits per heavy atom. The van der Waals surface area contributed by atoms with Crippen molar-refractivity contribution >= 4 is 10.0 Å². The monoisotopic (exact) mass is 314 g/mol. The van der Waals surface area contributed by atoms with Gasteiger partial charge in [-0.2, -0.15) is 5.10 Å². The lowest BCUT2D eigenvalue weighted by Gasteiger charge is -2.08. The Balaban J connectivity index is 1.97. The van der Waals surface area contributed by atoms with Crippen LogP contribution in [0.1, 0.15) is 50.8 Å². The molecule has 0 bridgehead atoms. The van der Waals surface area contributed by atoms with Crippen molar-refractivity contribution < 1.29 is 8.42 Å². The third-order valence-corrected chi connectivity index (χ3v) is 5.12. The van der Waals surface area contributed by atoms with Crippen LogP contribution in [0.3, 0.4) is 0 Å². The molecule has 0 amide bonds. The molecule has 0 aromatic carbocycles. The summed E-state index contributed by atoms with van der Waals surface area (Å²) in [6.07, 6.45) is 4.20. The van der Waals surface area contributed by atoms with Gasteiger partial charge in [0.05, 0.1) is 0 Å². The molecular formula is C14H26N4O2S. The van der Waals surface area contributed by atoms with Gasteiger partial charge in [-0.15, -0.1) is 0 Å². The lowest BCUT2D eigenvalue weighted by molar-refractivity contribution is 0.537. The van der Waals surface area contributed by atoms with Crippen LogP contribution in [0, 0.1) is 12.8 Å². The molecule has 1 heterocycles. The molecule has 2 rings (SSSR count). The van der Waals surface area contributed by atoms with Crippen molar-refractivity contribution in [2.75, 3.05) is 6.54 Å². The second-order valence-corrected chi connectivity index (χ2v) is 7.90. The highest BCUT2D eigenvalue weighted by molar-refractivity contribution is 7.89. The highest BCUT2D eigenvalue weighted by atomic mass is 32.2. The molecule has 0 atom stereocenters. The fourth-order valence-electron chi connectivity index (χ4n) is 2.18. The molecule has 1 aliphatic rings. The summed E-state index contributed by atoms with van der Waals surface area (Å²) < 4.78 is 27.3. The third-order valence-electron chi connectivity index (χ3n) is 3.69. The van der Waals surface area contributed by atoms with E-state index in [9.17, 15) is 8.42 Å². The number of H-pyrrole nitrogens is 1. The molecule has 0 spiro atoms. The van der Waals surface area contributed by atoms with Gasteiger partial charge in [0.25, 0.3) is 10.0 Å². The second-order valence-electron chi connectivity index (χ2n) is 6.22. The first kappa shape index (κ1) is 16.5. The maximum Gasteiger partial charge on any atom is 0.260 e. The van der Waals surface area contributed by atoms with Gasteiger partial charge >= 0.3 is 0 Å². The lowest BCUT2D eigenvalue weighted by atomic mass is 10.1. The van der Waals surface area contributed by atoms with Gasteiger partial charge in [0.1, 0.15) is 0 Å². The first-order chi connectivity index (χ1) is 9.90. The van der Waals surface area contributed by atoms with E-state index in [1.54, 1.807) is 0 Å². The first-order valence-electron chi connectivity index (χ1n) is 7.67. The molecule has 120 valence electrons. The van der Waals surface area contributed by atoms with Gasteiger partial charge in [0.15, 0.2) is 5.03 Å². The van der Waals surface area contributed by atoms with Crippen molar-refractivity contribution in [2.45, 2.75) is 64.1 Å². The average Bonchev–Trinajstić information content (AvgIpc) is 3.15. The number of hydrogen-bond acceptors (Lipinski definition) is 4. The van der Waals surface area contributed by atoms with E-state index in [-0.39, 0.29) is 5.03 Å². The predicted molar refractivity (Wildman–Crippen MR) is 82.4 cm³/mol. The van der Waals surface area contributed by atoms with Crippen LogP contribution in [-0.4, -0.2) is 31.2 Å². The number of nitrogens with one attached hydrogen (secondary N) is 3. The largest absolute Gasteiger partial charge is 0.310 e. The lowest BCUT2D eigenvalue weighted by Crippen LogP contribution is -2.27. The quantitative estimate of drug-likeness (QED) is 0.605. The van der Waals surface area contributed by atoms with Gasteiger partial charge in [-0.05, 0) is 38.5 Å². The fourth-order valence-corrected chi connectivity index (χ4v) is 3.44. The van der Waals surface area contributed by atoms with Gasteiger partial charge < -0.3 is 5.32 Å². The summed E-state index contributed by atoms with van der Waals surface area (Å²) in [5, 5.41) is 10.3. The standard InChI is InChI=1S/C14H26N4O2S/c1-10(2)5-4-8-16-21(19,20)14-13(11(3)17-18-14)9-15-12-6-7-12/h10,12,15-16H,4-9H2,1-3H3,(H,17,18). The highest BCUT2D eigenvalue weighted by Gasteiger charge is 2.26. The van der Waals surface area contributed by atoms with E-state index in [1.165, 1.54) is 12.8 Å². The predicted octanol–water partition coefficient (Wildman–Crippen LogP) is 1.68. The van der Waals surface area contributed by atoms with Gasteiger partial charge in [-0.25, -0.2) is 13.1 Å². The smallest absolute Gasteiger partial charge is 0.260 e. The zero-order chi connectivity index (χ0) is 15.5. The zero-order valence-corrected chi connectivity index (χ0v) is 13.9. The molecule has 1 saturated carbocycles. The third kappa shape index (κ3) is 4.79. The topological polar surface area (TPSA) is 86.9 Å². The highest BCUT2D eigenvalue weighted by Crippen LogP contribution is 2.22. The molecule has 3 N–H and O–H groups in total. The normalized spacial score (nSPS) is 15.8. The maximum absolute atomic E-state index is 12.3. The van der Waals surface area contributed by atoms with Gasteiger partial charge in [-0.1, -0.05) is 13.8 Å². The number of aromatic nitrogens is 2. The summed E-state index contributed by atoms with van der Waals surface area (Å²) in [5.74, 6) is 0.584. The Labute approximate surface area is 127 Å². The van der Waals surface area contributed by atoms with Gasteiger partial charge in [-0.3, -0.25) is 5.10 Å². The van der Waals surface area contributed by atoms with E-state index in [0.717, 1.165) is 24.1 Å². The Morgan fingerprint density at radius 1 is 1.38 bits per heavy atom. The number of sulfonamides is 1. The molecule has 0 unspecified atom stereocenters. The van der Waals surface area contributed by atoms with E-state index >= 15 is 0 Å². The summed E-state index contributed by atoms with van der Waals surface area (Å²) in [4.78, 5) is 0. The average molecular weight is 314 g/mol. The summed E-state index contributed by atoms with van der Waals surface area (Å²) in [6, 6.07) is 0.536. The molecule has 1 aromatic heterocycles. The molecule has 1 aliphatic carbocycles. The van der Waals surface area contributed by atoms with Crippen LogP contribution in [0.5, 0.6) is 0 Å². The van der Waals surface area contributed by atoms with Crippen molar-refractivity contribution in [1.82, 2.24) is 20.2 Å². The summed E-state index contributed by atoms with van der Waals surface area (Å²) in [6.45, 7) is 7.13. The summed E-state index contributed by atoms with van der Waals surface area (Å²) in [5.41, 5.74) is 1.56. The SMILES string of the molecule is Cc1[nH]nc(S(=O)(=O)NCCCC(C)C)c1CNC1CC1. The molecule has 6 nitrogen and oxygen atoms in total. The van der Waals surface area contributed by atoms with Crippen LogP contribution in [0.15, 0.2) is 5.03 Å². The minimum Gasteiger partial charge on any atom is -0.310 e. The Bertz CT molecular complexity index is 562. The Hall–Kier alpha value is -0.920. The van der Waals surface area contributed by atoms with E-state index in [4.69, 9.17) is 0 Å². The number of nitrogens with zero attached hydrogens (tertiary/aromatic N) is 1. The molecule has 1 aromatic rings. The minimum atomic E-state index is -3.53. The molecule has 1 fully saturated rings. The van der Waals surface area contributed by atoms with Crippen LogP contribution < -0.4 is 10.0 Å². The van der Waals surface area contributed by atoms with Gasteiger partial charge in [0.2, 0.25) is 0 Å². The van der Waals surface area contributed by atoms with Crippen molar-refractivity contribution in [2.24, 2.45) is 5.92 Å². The number of rotatable bonds is 9. The Morgan fingerprint density at radius 2 is 2.10 bits per heavy atom. The Kier molecular flexibility index (Phi) is 5.40. The van der Waals surface area contributed by atoms with Crippen LogP contribution in [0.2, 0.25) is 0 Å². The first-order valence-corrected chi connectivity index (χ1v) is 9.15. The fraction of sp³-hybridized carbons (Fsp3) is 0.786. The maximum atomic E-state index is 12.3. The van der Waals surface area contributed by atoms with Gasteiger partial charge in [0, 0.05) is 30.4 Å². The molecule has 0 aliphatic heterocycles. The molecule has 21 heavy (non-hydrogen) atoms. The molecular weight excluding hydrogens is 288 g/mol. The molecule has 0 radical (unpaired) electrons. The van der Waals surface area contributed by atoms with Crippen LogP contribution in [0.25, 0.3) is 0 Å². The number of aryl methyl sites for hydroxylation is 1. The number of hydrogen-bond donors (Lipinski definition) is 3. The van der Waals surface area contributed by atoms with E-state index in [2.05, 4.69) is 34.1 Å². The van der Waals surface area contributed by atoms with Crippen molar-refractivity contribution in [3.05, 3.63) is 11.3 Å². The van der Waals surface area contributed by atoms with Crippen LogP contribution >= 0.6 is 0 Å². The summed E-state index contributed by atoms with van der Waals surface area (Å²) >= 11 is 0. The van der Waals surface area contributed by atoms with E-state index in [0.29, 0.717) is 25.0 Å². The van der Waals surface area contributed by atoms with Crippen LogP contribution in [0.4, 0.5) is 0 Å². The minimum absolute atomic E-state index is 0.137. The molecule has 7 heteroatoms. The van der Waals surface area contributed by atoms with Crippen molar-refractivity contribution in [3.63, 3.8) is 0 Å².